The Bertz CT molecular complexity index is 235. The van der Waals surface area contributed by atoms with Crippen molar-refractivity contribution in [3.63, 3.8) is 0 Å². The Balaban J connectivity index is 2.55. The number of nitrogens with one attached hydrogen (secondary N) is 1. The Morgan fingerprint density at radius 1 is 1.33 bits per heavy atom. The molecule has 0 spiro atoms. The van der Waals surface area contributed by atoms with Crippen LogP contribution in [0.25, 0.3) is 0 Å². The molecule has 1 fully saturated rings. The van der Waals surface area contributed by atoms with E-state index in [0.717, 1.165) is 32.7 Å². The zero-order chi connectivity index (χ0) is 13.8. The summed E-state index contributed by atoms with van der Waals surface area (Å²) in [5.74, 6) is 0.676. The summed E-state index contributed by atoms with van der Waals surface area (Å²) in [7, 11) is 0. The second-order valence-corrected chi connectivity index (χ2v) is 6.84. The van der Waals surface area contributed by atoms with Crippen molar-refractivity contribution in [2.24, 2.45) is 5.92 Å². The molecule has 0 aromatic rings. The number of morpholine rings is 1. The molecule has 1 heterocycles. The molecule has 0 aromatic heterocycles. The minimum absolute atomic E-state index is 0.198. The first-order chi connectivity index (χ1) is 8.33. The van der Waals surface area contributed by atoms with Crippen LogP contribution in [0.2, 0.25) is 0 Å². The summed E-state index contributed by atoms with van der Waals surface area (Å²) in [5, 5.41) is 3.65. The molecule has 18 heavy (non-hydrogen) atoms. The lowest BCUT2D eigenvalue weighted by Gasteiger charge is -2.41. The van der Waals surface area contributed by atoms with E-state index in [1.165, 1.54) is 0 Å². The van der Waals surface area contributed by atoms with Gasteiger partial charge in [0.25, 0.3) is 0 Å². The highest BCUT2D eigenvalue weighted by molar-refractivity contribution is 4.84. The van der Waals surface area contributed by atoms with Gasteiger partial charge in [0.1, 0.15) is 0 Å². The van der Waals surface area contributed by atoms with E-state index >= 15 is 0 Å². The number of rotatable bonds is 5. The third kappa shape index (κ3) is 5.25. The zero-order valence-corrected chi connectivity index (χ0v) is 13.1. The molecule has 0 amide bonds. The summed E-state index contributed by atoms with van der Waals surface area (Å²) in [4.78, 5) is 2.61. The minimum atomic E-state index is 0.198. The van der Waals surface area contributed by atoms with Crippen molar-refractivity contribution in [1.82, 2.24) is 10.2 Å². The average molecular weight is 256 g/mol. The number of hydrogen-bond donors (Lipinski definition) is 1. The van der Waals surface area contributed by atoms with Gasteiger partial charge in [0.2, 0.25) is 0 Å². The molecule has 1 rings (SSSR count). The third-order valence-electron chi connectivity index (χ3n) is 3.71. The zero-order valence-electron chi connectivity index (χ0n) is 13.1. The molecule has 1 saturated heterocycles. The smallest absolute Gasteiger partial charge is 0.0700 e. The maximum Gasteiger partial charge on any atom is 0.0700 e. The van der Waals surface area contributed by atoms with Crippen LogP contribution >= 0.6 is 0 Å². The monoisotopic (exact) mass is 256 g/mol. The number of nitrogens with zero attached hydrogens (tertiary/aromatic N) is 1. The van der Waals surface area contributed by atoms with Crippen molar-refractivity contribution in [2.45, 2.75) is 65.6 Å². The molecular formula is C15H32N2O. The van der Waals surface area contributed by atoms with Crippen LogP contribution < -0.4 is 5.32 Å². The molecule has 1 aliphatic heterocycles. The van der Waals surface area contributed by atoms with E-state index in [0.29, 0.717) is 18.1 Å². The Morgan fingerprint density at radius 2 is 2.00 bits per heavy atom. The van der Waals surface area contributed by atoms with Crippen molar-refractivity contribution >= 4 is 0 Å². The third-order valence-corrected chi connectivity index (χ3v) is 3.71. The van der Waals surface area contributed by atoms with Crippen molar-refractivity contribution in [3.05, 3.63) is 0 Å². The molecule has 0 radical (unpaired) electrons. The first-order valence-electron chi connectivity index (χ1n) is 7.44. The van der Waals surface area contributed by atoms with E-state index in [1.54, 1.807) is 0 Å². The van der Waals surface area contributed by atoms with Crippen LogP contribution in [0, 0.1) is 5.92 Å². The van der Waals surface area contributed by atoms with Crippen LogP contribution in [-0.2, 0) is 4.74 Å². The average Bonchev–Trinajstić information content (AvgIpc) is 2.27. The predicted molar refractivity (Wildman–Crippen MR) is 78.0 cm³/mol. The highest BCUT2D eigenvalue weighted by Crippen LogP contribution is 2.17. The van der Waals surface area contributed by atoms with E-state index in [-0.39, 0.29) is 5.54 Å². The molecule has 0 aromatic carbocycles. The van der Waals surface area contributed by atoms with Gasteiger partial charge in [0, 0.05) is 31.2 Å². The summed E-state index contributed by atoms with van der Waals surface area (Å²) in [5.41, 5.74) is 0.198. The van der Waals surface area contributed by atoms with Gasteiger partial charge in [-0.25, -0.2) is 0 Å². The van der Waals surface area contributed by atoms with Gasteiger partial charge in [-0.05, 0) is 33.1 Å². The Labute approximate surface area is 113 Å². The Morgan fingerprint density at radius 3 is 2.50 bits per heavy atom. The summed E-state index contributed by atoms with van der Waals surface area (Å²) in [6, 6.07) is 0.613. The normalized spacial score (nSPS) is 24.5. The van der Waals surface area contributed by atoms with Crippen molar-refractivity contribution in [2.75, 3.05) is 26.2 Å². The van der Waals surface area contributed by atoms with Crippen LogP contribution in [0.5, 0.6) is 0 Å². The van der Waals surface area contributed by atoms with Crippen LogP contribution in [-0.4, -0.2) is 48.8 Å². The molecule has 1 aliphatic rings. The van der Waals surface area contributed by atoms with Crippen LogP contribution in [0.1, 0.15) is 48.0 Å². The molecule has 0 saturated carbocycles. The van der Waals surface area contributed by atoms with Crippen molar-refractivity contribution in [3.8, 4) is 0 Å². The fourth-order valence-electron chi connectivity index (χ4n) is 2.49. The van der Waals surface area contributed by atoms with E-state index in [1.807, 2.05) is 0 Å². The maximum absolute atomic E-state index is 5.77. The van der Waals surface area contributed by atoms with Crippen LogP contribution in [0.3, 0.4) is 0 Å². The van der Waals surface area contributed by atoms with Crippen LogP contribution in [0.15, 0.2) is 0 Å². The van der Waals surface area contributed by atoms with Crippen molar-refractivity contribution in [1.29, 1.82) is 0 Å². The lowest BCUT2D eigenvalue weighted by atomic mass is 9.99. The highest BCUT2D eigenvalue weighted by atomic mass is 16.5. The number of ether oxygens (including phenoxy) is 1. The van der Waals surface area contributed by atoms with E-state index in [2.05, 4.69) is 51.8 Å². The van der Waals surface area contributed by atoms with Gasteiger partial charge < -0.3 is 10.1 Å². The fourth-order valence-corrected chi connectivity index (χ4v) is 2.49. The lowest BCUT2D eigenvalue weighted by Crippen LogP contribution is -2.54. The van der Waals surface area contributed by atoms with Crippen LogP contribution in [0.4, 0.5) is 0 Å². The van der Waals surface area contributed by atoms with Gasteiger partial charge in [-0.1, -0.05) is 20.8 Å². The van der Waals surface area contributed by atoms with Crippen molar-refractivity contribution < 1.29 is 4.74 Å². The second kappa shape index (κ2) is 6.88. The number of hydrogen-bond acceptors (Lipinski definition) is 3. The largest absolute Gasteiger partial charge is 0.376 e. The molecule has 1 N–H and O–H groups in total. The summed E-state index contributed by atoms with van der Waals surface area (Å²) in [6.45, 7) is 17.7. The second-order valence-electron chi connectivity index (χ2n) is 6.84. The topological polar surface area (TPSA) is 24.5 Å². The van der Waals surface area contributed by atoms with E-state index in [9.17, 15) is 0 Å². The molecule has 0 bridgehead atoms. The van der Waals surface area contributed by atoms with Gasteiger partial charge >= 0.3 is 0 Å². The first kappa shape index (κ1) is 15.9. The SMILES string of the molecule is CCC1CN(C(CNC(C)(C)C)C(C)C)CCO1. The summed E-state index contributed by atoms with van der Waals surface area (Å²) in [6.07, 6.45) is 1.54. The molecule has 2 atom stereocenters. The van der Waals surface area contributed by atoms with Gasteiger partial charge in [-0.2, -0.15) is 0 Å². The maximum atomic E-state index is 5.77. The molecule has 3 nitrogen and oxygen atoms in total. The molecule has 3 heteroatoms. The standard InChI is InChI=1S/C15H32N2O/c1-7-13-11-17(8-9-18-13)14(12(2)3)10-16-15(4,5)6/h12-14,16H,7-11H2,1-6H3. The Kier molecular flexibility index (Phi) is 6.09. The van der Waals surface area contributed by atoms with Gasteiger partial charge in [-0.15, -0.1) is 0 Å². The molecular weight excluding hydrogens is 224 g/mol. The van der Waals surface area contributed by atoms with Gasteiger partial charge in [0.15, 0.2) is 0 Å². The summed E-state index contributed by atoms with van der Waals surface area (Å²) >= 11 is 0. The predicted octanol–water partition coefficient (Wildman–Crippen LogP) is 2.51. The van der Waals surface area contributed by atoms with E-state index < -0.39 is 0 Å². The first-order valence-corrected chi connectivity index (χ1v) is 7.44. The summed E-state index contributed by atoms with van der Waals surface area (Å²) < 4.78 is 5.77. The molecule has 108 valence electrons. The lowest BCUT2D eigenvalue weighted by molar-refractivity contribution is -0.0511. The Hall–Kier alpha value is -0.120. The van der Waals surface area contributed by atoms with Gasteiger partial charge in [-0.3, -0.25) is 4.90 Å². The fraction of sp³-hybridized carbons (Fsp3) is 1.00. The molecule has 2 unspecified atom stereocenters. The quantitative estimate of drug-likeness (QED) is 0.818. The van der Waals surface area contributed by atoms with Gasteiger partial charge in [0.05, 0.1) is 12.7 Å². The highest BCUT2D eigenvalue weighted by Gasteiger charge is 2.28. The minimum Gasteiger partial charge on any atom is -0.376 e. The van der Waals surface area contributed by atoms with E-state index in [4.69, 9.17) is 4.74 Å². The molecule has 0 aliphatic carbocycles.